The molecule has 29 heavy (non-hydrogen) atoms. The Hall–Kier alpha value is -2.65. The van der Waals surface area contributed by atoms with E-state index in [9.17, 15) is 22.8 Å². The maximum absolute atomic E-state index is 13.2. The van der Waals surface area contributed by atoms with Gasteiger partial charge in [0.15, 0.2) is 0 Å². The number of methoxy groups -OCH3 is 1. The van der Waals surface area contributed by atoms with Crippen molar-refractivity contribution in [3.8, 4) is 0 Å². The van der Waals surface area contributed by atoms with Gasteiger partial charge in [-0.05, 0) is 35.4 Å². The van der Waals surface area contributed by atoms with Crippen LogP contribution in [0.25, 0.3) is 6.08 Å². The second-order valence-electron chi connectivity index (χ2n) is 6.04. The monoisotopic (exact) mass is 437 g/mol. The van der Waals surface area contributed by atoms with E-state index in [4.69, 9.17) is 12.2 Å². The lowest BCUT2D eigenvalue weighted by Crippen LogP contribution is -2.28. The molecule has 0 aromatic heterocycles. The number of hydrogen-bond donors (Lipinski definition) is 0. The first-order chi connectivity index (χ1) is 13.7. The van der Waals surface area contributed by atoms with Crippen molar-refractivity contribution in [2.75, 3.05) is 7.11 Å². The van der Waals surface area contributed by atoms with Gasteiger partial charge in [-0.3, -0.25) is 9.69 Å². The number of benzene rings is 2. The van der Waals surface area contributed by atoms with Crippen LogP contribution >= 0.6 is 24.0 Å². The van der Waals surface area contributed by atoms with E-state index in [1.165, 1.54) is 25.3 Å². The van der Waals surface area contributed by atoms with Gasteiger partial charge in [0.1, 0.15) is 4.32 Å². The van der Waals surface area contributed by atoms with Gasteiger partial charge in [-0.2, -0.15) is 13.2 Å². The molecule has 0 bridgehead atoms. The molecule has 0 unspecified atom stereocenters. The molecule has 1 saturated heterocycles. The molecule has 1 aliphatic rings. The number of thiocarbonyl (C=S) groups is 1. The molecular weight excluding hydrogens is 423 g/mol. The first kappa shape index (κ1) is 21.1. The van der Waals surface area contributed by atoms with Crippen LogP contribution in [0.5, 0.6) is 0 Å². The molecule has 1 heterocycles. The van der Waals surface area contributed by atoms with Crippen molar-refractivity contribution in [3.05, 3.63) is 75.7 Å². The zero-order valence-corrected chi connectivity index (χ0v) is 16.7. The standard InChI is InChI=1S/C20H14F3NO3S2/c1-27-18(26)13-8-6-12(7-9-13)10-16-17(25)24(19(28)29-16)11-14-4-2-3-5-15(14)20(21,22)23/h2-10H,11H2,1H3/b16-10-. The Morgan fingerprint density at radius 1 is 1.17 bits per heavy atom. The second kappa shape index (κ2) is 8.38. The predicted molar refractivity (Wildman–Crippen MR) is 108 cm³/mol. The van der Waals surface area contributed by atoms with Crippen molar-refractivity contribution < 1.29 is 27.5 Å². The topological polar surface area (TPSA) is 46.6 Å². The molecule has 2 aromatic carbocycles. The van der Waals surface area contributed by atoms with Crippen molar-refractivity contribution in [1.29, 1.82) is 0 Å². The smallest absolute Gasteiger partial charge is 0.416 e. The normalized spacial score (nSPS) is 15.9. The van der Waals surface area contributed by atoms with Gasteiger partial charge in [0.2, 0.25) is 0 Å². The molecule has 4 nitrogen and oxygen atoms in total. The lowest BCUT2D eigenvalue weighted by molar-refractivity contribution is -0.138. The van der Waals surface area contributed by atoms with Crippen LogP contribution in [0.4, 0.5) is 13.2 Å². The number of hydrogen-bond acceptors (Lipinski definition) is 5. The largest absolute Gasteiger partial charge is 0.465 e. The van der Waals surface area contributed by atoms with E-state index in [0.29, 0.717) is 16.0 Å². The Bertz CT molecular complexity index is 1000. The highest BCUT2D eigenvalue weighted by atomic mass is 32.2. The molecule has 3 rings (SSSR count). The molecule has 0 N–H and O–H groups in total. The molecule has 0 saturated carbocycles. The molecule has 0 atom stereocenters. The third-order valence-electron chi connectivity index (χ3n) is 4.15. The van der Waals surface area contributed by atoms with Crippen LogP contribution in [0.2, 0.25) is 0 Å². The van der Waals surface area contributed by atoms with E-state index in [-0.39, 0.29) is 16.4 Å². The Labute approximate surface area is 174 Å². The summed E-state index contributed by atoms with van der Waals surface area (Å²) >= 11 is 6.22. The van der Waals surface area contributed by atoms with Gasteiger partial charge < -0.3 is 4.74 Å². The minimum atomic E-state index is -4.52. The fraction of sp³-hybridized carbons (Fsp3) is 0.150. The molecule has 0 radical (unpaired) electrons. The number of nitrogens with zero attached hydrogens (tertiary/aromatic N) is 1. The molecule has 0 spiro atoms. The maximum Gasteiger partial charge on any atom is 0.416 e. The van der Waals surface area contributed by atoms with Crippen LogP contribution in [0.3, 0.4) is 0 Å². The van der Waals surface area contributed by atoms with E-state index in [1.54, 1.807) is 30.3 Å². The van der Waals surface area contributed by atoms with Crippen LogP contribution in [-0.2, 0) is 22.3 Å². The van der Waals surface area contributed by atoms with E-state index >= 15 is 0 Å². The van der Waals surface area contributed by atoms with Crippen molar-refractivity contribution in [1.82, 2.24) is 4.90 Å². The summed E-state index contributed by atoms with van der Waals surface area (Å²) in [6.45, 7) is -0.265. The summed E-state index contributed by atoms with van der Waals surface area (Å²) in [6.07, 6.45) is -2.94. The van der Waals surface area contributed by atoms with Crippen LogP contribution in [0.1, 0.15) is 27.0 Å². The first-order valence-corrected chi connectivity index (χ1v) is 9.52. The van der Waals surface area contributed by atoms with Crippen molar-refractivity contribution >= 4 is 46.3 Å². The number of carbonyl (C=O) groups excluding carboxylic acids is 2. The minimum absolute atomic E-state index is 0.0278. The lowest BCUT2D eigenvalue weighted by Gasteiger charge is -2.18. The minimum Gasteiger partial charge on any atom is -0.465 e. The fourth-order valence-electron chi connectivity index (χ4n) is 2.73. The van der Waals surface area contributed by atoms with Crippen LogP contribution in [0.15, 0.2) is 53.4 Å². The van der Waals surface area contributed by atoms with Gasteiger partial charge in [-0.25, -0.2) is 4.79 Å². The molecule has 1 amide bonds. The van der Waals surface area contributed by atoms with Gasteiger partial charge >= 0.3 is 12.1 Å². The number of alkyl halides is 3. The van der Waals surface area contributed by atoms with Gasteiger partial charge in [-0.1, -0.05) is 54.3 Å². The maximum atomic E-state index is 13.2. The van der Waals surface area contributed by atoms with Crippen molar-refractivity contribution in [2.45, 2.75) is 12.7 Å². The summed E-state index contributed by atoms with van der Waals surface area (Å²) in [5.74, 6) is -0.944. The molecular formula is C20H14F3NO3S2. The predicted octanol–water partition coefficient (Wildman–Crippen LogP) is 4.89. The zero-order valence-electron chi connectivity index (χ0n) is 15.0. The Kier molecular flexibility index (Phi) is 6.09. The highest BCUT2D eigenvalue weighted by Gasteiger charge is 2.36. The number of esters is 1. The Morgan fingerprint density at radius 2 is 1.83 bits per heavy atom. The number of amides is 1. The molecule has 1 aliphatic heterocycles. The molecule has 9 heteroatoms. The lowest BCUT2D eigenvalue weighted by atomic mass is 10.1. The first-order valence-electron chi connectivity index (χ1n) is 8.29. The van der Waals surface area contributed by atoms with E-state index in [2.05, 4.69) is 4.74 Å². The molecule has 150 valence electrons. The SMILES string of the molecule is COC(=O)c1ccc(/C=C2\SC(=S)N(Cc3ccccc3C(F)(F)F)C2=O)cc1. The third-order valence-corrected chi connectivity index (χ3v) is 5.53. The summed E-state index contributed by atoms with van der Waals surface area (Å²) in [5.41, 5.74) is 0.186. The van der Waals surface area contributed by atoms with Gasteiger partial charge in [0.05, 0.1) is 29.7 Å². The summed E-state index contributed by atoms with van der Waals surface area (Å²) < 4.78 is 44.4. The summed E-state index contributed by atoms with van der Waals surface area (Å²) in [7, 11) is 1.28. The average Bonchev–Trinajstić information content (AvgIpc) is 2.95. The van der Waals surface area contributed by atoms with Crippen molar-refractivity contribution in [2.24, 2.45) is 0 Å². The number of halogens is 3. The number of thioether (sulfide) groups is 1. The van der Waals surface area contributed by atoms with Gasteiger partial charge in [-0.15, -0.1) is 0 Å². The number of rotatable bonds is 4. The van der Waals surface area contributed by atoms with Crippen LogP contribution in [-0.4, -0.2) is 28.2 Å². The zero-order chi connectivity index (χ0) is 21.2. The number of ether oxygens (including phenoxy) is 1. The highest BCUT2D eigenvalue weighted by Crippen LogP contribution is 2.36. The van der Waals surface area contributed by atoms with Gasteiger partial charge in [0, 0.05) is 0 Å². The fourth-order valence-corrected chi connectivity index (χ4v) is 3.98. The number of carbonyl (C=O) groups is 2. The Morgan fingerprint density at radius 3 is 2.45 bits per heavy atom. The molecule has 1 fully saturated rings. The molecule has 2 aromatic rings. The van der Waals surface area contributed by atoms with Crippen LogP contribution in [0, 0.1) is 0 Å². The van der Waals surface area contributed by atoms with Crippen molar-refractivity contribution in [3.63, 3.8) is 0 Å². The molecule has 0 aliphatic carbocycles. The summed E-state index contributed by atoms with van der Waals surface area (Å²) in [6, 6.07) is 11.5. The van der Waals surface area contributed by atoms with E-state index < -0.39 is 23.6 Å². The third kappa shape index (κ3) is 4.68. The quantitative estimate of drug-likeness (QED) is 0.387. The summed E-state index contributed by atoms with van der Waals surface area (Å²) in [5, 5.41) is 0. The second-order valence-corrected chi connectivity index (χ2v) is 7.71. The Balaban J connectivity index is 1.82. The van der Waals surface area contributed by atoms with Gasteiger partial charge in [0.25, 0.3) is 5.91 Å². The highest BCUT2D eigenvalue weighted by molar-refractivity contribution is 8.26. The van der Waals surface area contributed by atoms with Crippen LogP contribution < -0.4 is 0 Å². The van der Waals surface area contributed by atoms with E-state index in [0.717, 1.165) is 22.7 Å². The van der Waals surface area contributed by atoms with E-state index in [1.807, 2.05) is 0 Å². The average molecular weight is 437 g/mol. The summed E-state index contributed by atoms with van der Waals surface area (Å²) in [4.78, 5) is 25.6.